The molecule has 25 heavy (non-hydrogen) atoms. The smallest absolute Gasteiger partial charge is 0.412 e. The number of hydrogen-bond acceptors (Lipinski definition) is 6. The molecule has 0 aromatic heterocycles. The van der Waals surface area contributed by atoms with Crippen LogP contribution in [0.4, 0.5) is 16.2 Å². The molecule has 2 aromatic rings. The second-order valence-electron chi connectivity index (χ2n) is 5.06. The van der Waals surface area contributed by atoms with Crippen molar-refractivity contribution in [3.8, 4) is 11.5 Å². The number of nitrogens with zero attached hydrogens (tertiary/aromatic N) is 1. The van der Waals surface area contributed by atoms with Crippen LogP contribution in [0, 0.1) is 10.1 Å². The first-order valence-corrected chi connectivity index (χ1v) is 7.39. The Bertz CT molecular complexity index is 763. The van der Waals surface area contributed by atoms with E-state index in [-0.39, 0.29) is 17.0 Å². The van der Waals surface area contributed by atoms with Crippen LogP contribution in [-0.4, -0.2) is 25.2 Å². The molecule has 0 fully saturated rings. The van der Waals surface area contributed by atoms with Crippen molar-refractivity contribution in [2.45, 2.75) is 13.0 Å². The molecule has 0 spiro atoms. The monoisotopic (exact) mass is 346 g/mol. The van der Waals surface area contributed by atoms with Crippen molar-refractivity contribution in [2.24, 2.45) is 0 Å². The Morgan fingerprint density at radius 3 is 2.28 bits per heavy atom. The number of benzene rings is 2. The Kier molecular flexibility index (Phi) is 5.78. The van der Waals surface area contributed by atoms with E-state index in [2.05, 4.69) is 5.32 Å². The maximum absolute atomic E-state index is 12.0. The van der Waals surface area contributed by atoms with Crippen molar-refractivity contribution in [2.75, 3.05) is 19.5 Å². The summed E-state index contributed by atoms with van der Waals surface area (Å²) in [5, 5.41) is 13.9. The number of rotatable bonds is 6. The van der Waals surface area contributed by atoms with Crippen LogP contribution >= 0.6 is 0 Å². The largest absolute Gasteiger partial charge is 0.493 e. The lowest BCUT2D eigenvalue weighted by Crippen LogP contribution is -2.16. The molecule has 0 aliphatic carbocycles. The van der Waals surface area contributed by atoms with Gasteiger partial charge in [-0.1, -0.05) is 18.2 Å². The summed E-state index contributed by atoms with van der Waals surface area (Å²) in [4.78, 5) is 22.8. The average molecular weight is 346 g/mol. The van der Waals surface area contributed by atoms with E-state index in [0.717, 1.165) is 0 Å². The molecule has 132 valence electrons. The van der Waals surface area contributed by atoms with Crippen LogP contribution in [0.2, 0.25) is 0 Å². The first-order chi connectivity index (χ1) is 12.0. The van der Waals surface area contributed by atoms with Crippen molar-refractivity contribution in [1.29, 1.82) is 0 Å². The maximum atomic E-state index is 12.0. The van der Waals surface area contributed by atoms with E-state index < -0.39 is 17.1 Å². The molecule has 8 nitrogen and oxygen atoms in total. The minimum Gasteiger partial charge on any atom is -0.493 e. The molecule has 1 amide bonds. The van der Waals surface area contributed by atoms with E-state index in [0.29, 0.717) is 11.4 Å². The highest BCUT2D eigenvalue weighted by Crippen LogP contribution is 2.38. The van der Waals surface area contributed by atoms with E-state index in [9.17, 15) is 14.9 Å². The summed E-state index contributed by atoms with van der Waals surface area (Å²) in [7, 11) is 2.80. The number of methoxy groups -OCH3 is 2. The lowest BCUT2D eigenvalue weighted by atomic mass is 10.1. The molecule has 2 aromatic carbocycles. The normalized spacial score (nSPS) is 11.3. The van der Waals surface area contributed by atoms with Crippen LogP contribution in [0.15, 0.2) is 42.5 Å². The summed E-state index contributed by atoms with van der Waals surface area (Å²) in [6.45, 7) is 1.54. The Balaban J connectivity index is 2.23. The Labute approximate surface area is 144 Å². The number of amides is 1. The van der Waals surface area contributed by atoms with E-state index >= 15 is 0 Å². The third kappa shape index (κ3) is 4.37. The molecule has 8 heteroatoms. The van der Waals surface area contributed by atoms with Crippen LogP contribution in [0.5, 0.6) is 11.5 Å². The average Bonchev–Trinajstić information content (AvgIpc) is 2.60. The molecule has 2 rings (SSSR count). The van der Waals surface area contributed by atoms with Crippen molar-refractivity contribution < 1.29 is 23.9 Å². The summed E-state index contributed by atoms with van der Waals surface area (Å²) in [5.41, 5.74) is 0.532. The Morgan fingerprint density at radius 2 is 1.72 bits per heavy atom. The number of carbonyl (C=O) groups is 1. The third-order valence-corrected chi connectivity index (χ3v) is 3.47. The molecule has 1 N–H and O–H groups in total. The van der Waals surface area contributed by atoms with Gasteiger partial charge in [-0.25, -0.2) is 4.79 Å². The van der Waals surface area contributed by atoms with Gasteiger partial charge in [-0.3, -0.25) is 15.4 Å². The summed E-state index contributed by atoms with van der Waals surface area (Å²) in [6, 6.07) is 11.4. The molecule has 0 saturated carbocycles. The molecule has 0 aliphatic rings. The highest BCUT2D eigenvalue weighted by Gasteiger charge is 2.25. The van der Waals surface area contributed by atoms with E-state index in [1.54, 1.807) is 31.2 Å². The van der Waals surface area contributed by atoms with Crippen LogP contribution < -0.4 is 14.8 Å². The lowest BCUT2D eigenvalue weighted by Gasteiger charge is -2.16. The molecule has 1 atom stereocenters. The predicted molar refractivity (Wildman–Crippen MR) is 91.2 cm³/mol. The number of anilines is 1. The van der Waals surface area contributed by atoms with E-state index in [1.165, 1.54) is 26.4 Å². The fourth-order valence-electron chi connectivity index (χ4n) is 2.26. The van der Waals surface area contributed by atoms with Gasteiger partial charge in [0.15, 0.2) is 11.5 Å². The van der Waals surface area contributed by atoms with Gasteiger partial charge < -0.3 is 14.2 Å². The number of hydrogen-bond donors (Lipinski definition) is 1. The molecule has 0 bridgehead atoms. The summed E-state index contributed by atoms with van der Waals surface area (Å²) >= 11 is 0. The summed E-state index contributed by atoms with van der Waals surface area (Å²) < 4.78 is 15.5. The molecule has 0 aliphatic heterocycles. The van der Waals surface area contributed by atoms with Crippen LogP contribution in [0.1, 0.15) is 18.6 Å². The van der Waals surface area contributed by atoms with Crippen molar-refractivity contribution in [1.82, 2.24) is 0 Å². The third-order valence-electron chi connectivity index (χ3n) is 3.47. The maximum Gasteiger partial charge on any atom is 0.412 e. The molecule has 0 saturated heterocycles. The number of carbonyl (C=O) groups excluding carboxylic acids is 1. The van der Waals surface area contributed by atoms with Gasteiger partial charge in [0, 0.05) is 5.69 Å². The minimum absolute atomic E-state index is 0.200. The van der Waals surface area contributed by atoms with E-state index in [1.807, 2.05) is 6.07 Å². The van der Waals surface area contributed by atoms with Gasteiger partial charge in [0.1, 0.15) is 6.10 Å². The van der Waals surface area contributed by atoms with Gasteiger partial charge in [0.25, 0.3) is 5.69 Å². The van der Waals surface area contributed by atoms with Gasteiger partial charge in [-0.15, -0.1) is 0 Å². The van der Waals surface area contributed by atoms with Crippen molar-refractivity contribution in [3.05, 3.63) is 58.1 Å². The SMILES string of the molecule is COc1cc(C(C)OC(=O)Nc2ccccc2)c([N+](=O)[O-])cc1OC. The minimum atomic E-state index is -0.871. The van der Waals surface area contributed by atoms with Gasteiger partial charge in [0.05, 0.1) is 30.8 Å². The fourth-order valence-corrected chi connectivity index (χ4v) is 2.26. The first-order valence-electron chi connectivity index (χ1n) is 7.39. The molecule has 1 unspecified atom stereocenters. The summed E-state index contributed by atoms with van der Waals surface area (Å²) in [6.07, 6.45) is -1.59. The molecule has 0 heterocycles. The van der Waals surface area contributed by atoms with E-state index in [4.69, 9.17) is 14.2 Å². The zero-order chi connectivity index (χ0) is 18.4. The molecular formula is C17H18N2O6. The lowest BCUT2D eigenvalue weighted by molar-refractivity contribution is -0.386. The predicted octanol–water partition coefficient (Wildman–Crippen LogP) is 3.92. The number of nitrogens with one attached hydrogen (secondary N) is 1. The van der Waals surface area contributed by atoms with Gasteiger partial charge in [-0.05, 0) is 25.1 Å². The zero-order valence-corrected chi connectivity index (χ0v) is 14.0. The number of nitro groups is 1. The second kappa shape index (κ2) is 8.00. The quantitative estimate of drug-likeness (QED) is 0.628. The molecule has 0 radical (unpaired) electrons. The van der Waals surface area contributed by atoms with Gasteiger partial charge in [0.2, 0.25) is 0 Å². The topological polar surface area (TPSA) is 99.9 Å². The zero-order valence-electron chi connectivity index (χ0n) is 14.0. The Hall–Kier alpha value is -3.29. The van der Waals surface area contributed by atoms with Gasteiger partial charge >= 0.3 is 6.09 Å². The van der Waals surface area contributed by atoms with Crippen LogP contribution in [0.3, 0.4) is 0 Å². The standard InChI is InChI=1S/C17H18N2O6/c1-11(25-17(20)18-12-7-5-4-6-8-12)13-9-15(23-2)16(24-3)10-14(13)19(21)22/h4-11H,1-3H3,(H,18,20). The van der Waals surface area contributed by atoms with Crippen molar-refractivity contribution in [3.63, 3.8) is 0 Å². The van der Waals surface area contributed by atoms with Gasteiger partial charge in [-0.2, -0.15) is 0 Å². The summed E-state index contributed by atoms with van der Waals surface area (Å²) in [5.74, 6) is 0.529. The van der Waals surface area contributed by atoms with Crippen molar-refractivity contribution >= 4 is 17.5 Å². The first kappa shape index (κ1) is 18.1. The highest BCUT2D eigenvalue weighted by atomic mass is 16.6. The molecular weight excluding hydrogens is 328 g/mol. The highest BCUT2D eigenvalue weighted by molar-refractivity contribution is 5.84. The number of para-hydroxylation sites is 1. The second-order valence-corrected chi connectivity index (χ2v) is 5.06. The fraction of sp³-hybridized carbons (Fsp3) is 0.235. The van der Waals surface area contributed by atoms with Crippen LogP contribution in [-0.2, 0) is 4.74 Å². The Morgan fingerprint density at radius 1 is 1.12 bits per heavy atom. The number of nitro benzene ring substituents is 1. The van der Waals surface area contributed by atoms with Crippen LogP contribution in [0.25, 0.3) is 0 Å². The number of ether oxygens (including phenoxy) is 3.